The van der Waals surface area contributed by atoms with Gasteiger partial charge in [-0.25, -0.2) is 9.97 Å². The Hall–Kier alpha value is -2.67. The van der Waals surface area contributed by atoms with E-state index in [1.54, 1.807) is 4.90 Å². The lowest BCUT2D eigenvalue weighted by Crippen LogP contribution is -2.35. The summed E-state index contributed by atoms with van der Waals surface area (Å²) in [6.45, 7) is 5.03. The molecule has 1 aliphatic heterocycles. The van der Waals surface area contributed by atoms with E-state index in [-0.39, 0.29) is 28.7 Å². The van der Waals surface area contributed by atoms with Crippen molar-refractivity contribution in [2.45, 2.75) is 57.4 Å². The zero-order chi connectivity index (χ0) is 21.3. The number of rotatable bonds is 4. The Morgan fingerprint density at radius 2 is 1.83 bits per heavy atom. The molecule has 0 radical (unpaired) electrons. The number of amides is 1. The number of ether oxygens (including phenoxy) is 1. The fourth-order valence-electron chi connectivity index (χ4n) is 4.78. The van der Waals surface area contributed by atoms with Gasteiger partial charge in [-0.2, -0.15) is 0 Å². The second-order valence-corrected chi connectivity index (χ2v) is 9.25. The van der Waals surface area contributed by atoms with Gasteiger partial charge >= 0.3 is 0 Å². The Balaban J connectivity index is 1.45. The van der Waals surface area contributed by atoms with Crippen LogP contribution in [0.2, 0.25) is 0 Å². The summed E-state index contributed by atoms with van der Waals surface area (Å²) in [5.74, 6) is 1.47. The predicted molar refractivity (Wildman–Crippen MR) is 118 cm³/mol. The first-order valence-corrected chi connectivity index (χ1v) is 10.8. The first-order chi connectivity index (χ1) is 14.3. The van der Waals surface area contributed by atoms with Crippen molar-refractivity contribution in [1.29, 1.82) is 0 Å². The lowest BCUT2D eigenvalue weighted by atomic mass is 9.75. The van der Waals surface area contributed by atoms with Crippen molar-refractivity contribution in [3.05, 3.63) is 41.7 Å². The summed E-state index contributed by atoms with van der Waals surface area (Å²) in [4.78, 5) is 22.8. The van der Waals surface area contributed by atoms with Gasteiger partial charge < -0.3 is 21.1 Å². The molecule has 1 saturated carbocycles. The Morgan fingerprint density at radius 1 is 1.13 bits per heavy atom. The Bertz CT molecular complexity index is 899. The van der Waals surface area contributed by atoms with Crippen LogP contribution in [0.1, 0.15) is 67.8 Å². The van der Waals surface area contributed by atoms with E-state index in [2.05, 4.69) is 35.9 Å². The molecule has 1 aromatic heterocycles. The minimum Gasteiger partial charge on any atom is -0.475 e. The molecule has 7 nitrogen and oxygen atoms in total. The van der Waals surface area contributed by atoms with Crippen LogP contribution in [-0.4, -0.2) is 34.6 Å². The van der Waals surface area contributed by atoms with Gasteiger partial charge in [-0.1, -0.05) is 12.1 Å². The summed E-state index contributed by atoms with van der Waals surface area (Å²) in [5.41, 5.74) is 14.5. The van der Waals surface area contributed by atoms with Gasteiger partial charge in [0.05, 0.1) is 6.54 Å². The fourth-order valence-corrected chi connectivity index (χ4v) is 4.78. The molecule has 4 N–H and O–H groups in total. The second kappa shape index (κ2) is 8.22. The number of hydrogen-bond acceptors (Lipinski definition) is 6. The third kappa shape index (κ3) is 4.41. The molecule has 1 aromatic carbocycles. The van der Waals surface area contributed by atoms with E-state index >= 15 is 0 Å². The molecule has 2 aliphatic rings. The number of carbonyl (C=O) groups excluding carboxylic acids is 1. The molecule has 4 rings (SSSR count). The quantitative estimate of drug-likeness (QED) is 0.800. The van der Waals surface area contributed by atoms with E-state index < -0.39 is 0 Å². The second-order valence-electron chi connectivity index (χ2n) is 9.25. The van der Waals surface area contributed by atoms with Gasteiger partial charge in [-0.3, -0.25) is 4.79 Å². The van der Waals surface area contributed by atoms with Crippen LogP contribution >= 0.6 is 0 Å². The normalized spacial score (nSPS) is 22.2. The number of benzene rings is 1. The van der Waals surface area contributed by atoms with Crippen molar-refractivity contribution in [2.24, 2.45) is 11.7 Å². The van der Waals surface area contributed by atoms with E-state index in [0.29, 0.717) is 19.1 Å². The van der Waals surface area contributed by atoms with Crippen molar-refractivity contribution in [3.8, 4) is 5.88 Å². The number of hydrogen-bond donors (Lipinski definition) is 2. The summed E-state index contributed by atoms with van der Waals surface area (Å²) >= 11 is 0. The van der Waals surface area contributed by atoms with Gasteiger partial charge in [0.1, 0.15) is 24.3 Å². The van der Waals surface area contributed by atoms with Crippen molar-refractivity contribution in [3.63, 3.8) is 0 Å². The van der Waals surface area contributed by atoms with Gasteiger partial charge in [-0.15, -0.1) is 0 Å². The number of carbonyl (C=O) groups is 1. The average molecular weight is 410 g/mol. The van der Waals surface area contributed by atoms with E-state index in [9.17, 15) is 4.79 Å². The van der Waals surface area contributed by atoms with Gasteiger partial charge in [-0.05, 0) is 75.5 Å². The minimum absolute atomic E-state index is 0.0877. The van der Waals surface area contributed by atoms with Gasteiger partial charge in [0.15, 0.2) is 0 Å². The molecular weight excluding hydrogens is 378 g/mol. The highest BCUT2D eigenvalue weighted by molar-refractivity contribution is 6.10. The summed E-state index contributed by atoms with van der Waals surface area (Å²) in [6, 6.07) is 8.34. The molecule has 1 amide bonds. The van der Waals surface area contributed by atoms with Crippen LogP contribution in [0.3, 0.4) is 0 Å². The Labute approximate surface area is 177 Å². The molecular formula is C23H31N5O2. The van der Waals surface area contributed by atoms with Crippen LogP contribution in [0.15, 0.2) is 30.6 Å². The van der Waals surface area contributed by atoms with Crippen molar-refractivity contribution in [1.82, 2.24) is 9.97 Å². The molecule has 0 spiro atoms. The number of nitrogen functional groups attached to an aromatic ring is 1. The summed E-state index contributed by atoms with van der Waals surface area (Å²) in [6.07, 6.45) is 7.24. The van der Waals surface area contributed by atoms with Crippen molar-refractivity contribution >= 4 is 17.4 Å². The maximum absolute atomic E-state index is 13.1. The maximum Gasteiger partial charge on any atom is 0.267 e. The van der Waals surface area contributed by atoms with E-state index in [0.717, 1.165) is 18.0 Å². The summed E-state index contributed by atoms with van der Waals surface area (Å²) < 4.78 is 5.61. The van der Waals surface area contributed by atoms with Gasteiger partial charge in [0.2, 0.25) is 5.88 Å². The Kier molecular flexibility index (Phi) is 5.64. The highest BCUT2D eigenvalue weighted by Crippen LogP contribution is 2.39. The lowest BCUT2D eigenvalue weighted by Gasteiger charge is -2.33. The molecule has 0 atom stereocenters. The molecule has 30 heavy (non-hydrogen) atoms. The first-order valence-electron chi connectivity index (χ1n) is 10.8. The third-order valence-electron chi connectivity index (χ3n) is 6.19. The molecule has 2 aromatic rings. The highest BCUT2D eigenvalue weighted by atomic mass is 16.5. The van der Waals surface area contributed by atoms with Crippen LogP contribution in [-0.2, 0) is 0 Å². The number of aromatic nitrogens is 2. The number of anilines is 2. The monoisotopic (exact) mass is 409 g/mol. The molecule has 1 fully saturated rings. The average Bonchev–Trinajstić information content (AvgIpc) is 2.87. The molecule has 2 heterocycles. The van der Waals surface area contributed by atoms with Crippen LogP contribution in [0.4, 0.5) is 11.5 Å². The summed E-state index contributed by atoms with van der Waals surface area (Å²) in [5, 5.41) is 0. The molecule has 0 unspecified atom stereocenters. The summed E-state index contributed by atoms with van der Waals surface area (Å²) in [7, 11) is 0. The molecule has 0 saturated heterocycles. The SMILES string of the molecule is CC(C)(N)CC1CCC(c2ccc(N3CCOc4ncnc(N)c4C3=O)cc2)CC1. The van der Waals surface area contributed by atoms with Crippen molar-refractivity contribution < 1.29 is 9.53 Å². The smallest absolute Gasteiger partial charge is 0.267 e. The standard InChI is InChI=1S/C23H31N5O2/c1-23(2,25)13-15-3-5-16(6-4-15)17-7-9-18(10-8-17)28-11-12-30-21-19(22(28)29)20(24)26-14-27-21/h7-10,14-16H,3-6,11-13,25H2,1-2H3,(H2,24,26,27). The first kappa shape index (κ1) is 20.6. The largest absolute Gasteiger partial charge is 0.475 e. The zero-order valence-corrected chi connectivity index (χ0v) is 17.8. The van der Waals surface area contributed by atoms with E-state index in [4.69, 9.17) is 16.2 Å². The molecule has 160 valence electrons. The predicted octanol–water partition coefficient (Wildman–Crippen LogP) is 3.50. The van der Waals surface area contributed by atoms with Crippen LogP contribution in [0, 0.1) is 5.92 Å². The molecule has 0 bridgehead atoms. The maximum atomic E-state index is 13.1. The van der Waals surface area contributed by atoms with E-state index in [1.165, 1.54) is 37.6 Å². The molecule has 1 aliphatic carbocycles. The van der Waals surface area contributed by atoms with E-state index in [1.807, 2.05) is 12.1 Å². The van der Waals surface area contributed by atoms with Gasteiger partial charge in [0, 0.05) is 11.2 Å². The Morgan fingerprint density at radius 3 is 2.50 bits per heavy atom. The van der Waals surface area contributed by atoms with Crippen molar-refractivity contribution in [2.75, 3.05) is 23.8 Å². The molecule has 7 heteroatoms. The highest BCUT2D eigenvalue weighted by Gasteiger charge is 2.29. The van der Waals surface area contributed by atoms with Crippen LogP contribution in [0.25, 0.3) is 0 Å². The third-order valence-corrected chi connectivity index (χ3v) is 6.19. The fraction of sp³-hybridized carbons (Fsp3) is 0.522. The number of nitrogens with two attached hydrogens (primary N) is 2. The minimum atomic E-state index is -0.224. The van der Waals surface area contributed by atoms with Crippen LogP contribution < -0.4 is 21.1 Å². The van der Waals surface area contributed by atoms with Gasteiger partial charge in [0.25, 0.3) is 5.91 Å². The van der Waals surface area contributed by atoms with Crippen LogP contribution in [0.5, 0.6) is 5.88 Å². The number of fused-ring (bicyclic) bond motifs is 1. The topological polar surface area (TPSA) is 107 Å². The zero-order valence-electron chi connectivity index (χ0n) is 17.8. The lowest BCUT2D eigenvalue weighted by molar-refractivity contribution is 0.0990. The number of nitrogens with zero attached hydrogens (tertiary/aromatic N) is 3.